The van der Waals surface area contributed by atoms with Gasteiger partial charge in [0, 0.05) is 19.0 Å². The second-order valence-electron chi connectivity index (χ2n) is 5.82. The molecule has 2 rings (SSSR count). The fourth-order valence-corrected chi connectivity index (χ4v) is 2.61. The zero-order valence-electron chi connectivity index (χ0n) is 13.7. The molecule has 0 radical (unpaired) electrons. The van der Waals surface area contributed by atoms with E-state index in [9.17, 15) is 9.59 Å². The van der Waals surface area contributed by atoms with Gasteiger partial charge >= 0.3 is 6.09 Å². The number of likely N-dealkylation sites (tertiary alicyclic amines) is 1. The van der Waals surface area contributed by atoms with Gasteiger partial charge in [0.25, 0.3) is 0 Å². The van der Waals surface area contributed by atoms with Crippen molar-refractivity contribution >= 4 is 12.0 Å². The Morgan fingerprint density at radius 1 is 1.30 bits per heavy atom. The summed E-state index contributed by atoms with van der Waals surface area (Å²) in [4.78, 5) is 24.9. The van der Waals surface area contributed by atoms with E-state index < -0.39 is 6.09 Å². The Balaban J connectivity index is 1.77. The van der Waals surface area contributed by atoms with Gasteiger partial charge in [-0.1, -0.05) is 17.7 Å². The molecule has 0 spiro atoms. The van der Waals surface area contributed by atoms with Crippen molar-refractivity contribution in [3.8, 4) is 5.75 Å². The van der Waals surface area contributed by atoms with Crippen LogP contribution >= 0.6 is 0 Å². The number of hydrogen-bond donors (Lipinski definition) is 1. The van der Waals surface area contributed by atoms with Crippen LogP contribution in [0.5, 0.6) is 5.75 Å². The number of hydrogen-bond acceptors (Lipinski definition) is 4. The van der Waals surface area contributed by atoms with Crippen LogP contribution in [0.15, 0.2) is 24.3 Å². The average Bonchev–Trinajstić information content (AvgIpc) is 2.59. The van der Waals surface area contributed by atoms with Crippen molar-refractivity contribution in [3.05, 3.63) is 29.8 Å². The van der Waals surface area contributed by atoms with Crippen LogP contribution in [0.4, 0.5) is 4.79 Å². The zero-order chi connectivity index (χ0) is 16.7. The van der Waals surface area contributed by atoms with Gasteiger partial charge in [-0.2, -0.15) is 0 Å². The van der Waals surface area contributed by atoms with E-state index in [0.29, 0.717) is 19.1 Å². The number of benzene rings is 1. The second kappa shape index (κ2) is 8.41. The molecule has 1 aromatic carbocycles. The molecule has 1 saturated heterocycles. The van der Waals surface area contributed by atoms with Crippen LogP contribution in [-0.4, -0.2) is 50.3 Å². The van der Waals surface area contributed by atoms with Crippen LogP contribution in [0, 0.1) is 12.8 Å². The molecule has 0 unspecified atom stereocenters. The van der Waals surface area contributed by atoms with Gasteiger partial charge < -0.3 is 19.7 Å². The third-order valence-corrected chi connectivity index (χ3v) is 3.95. The molecule has 1 atom stereocenters. The van der Waals surface area contributed by atoms with E-state index in [1.165, 1.54) is 12.7 Å². The Kier molecular flexibility index (Phi) is 6.26. The summed E-state index contributed by atoms with van der Waals surface area (Å²) in [5, 5.41) is 2.42. The van der Waals surface area contributed by atoms with Crippen LogP contribution in [0.3, 0.4) is 0 Å². The number of alkyl carbamates (subject to hydrolysis) is 1. The smallest absolute Gasteiger partial charge is 0.407 e. The lowest BCUT2D eigenvalue weighted by atomic mass is 9.99. The van der Waals surface area contributed by atoms with Gasteiger partial charge in [0.1, 0.15) is 12.3 Å². The summed E-state index contributed by atoms with van der Waals surface area (Å²) in [6.07, 6.45) is 1.40. The van der Waals surface area contributed by atoms with E-state index >= 15 is 0 Å². The first kappa shape index (κ1) is 17.1. The predicted molar refractivity (Wildman–Crippen MR) is 86.4 cm³/mol. The number of methoxy groups -OCH3 is 1. The highest BCUT2D eigenvalue weighted by Crippen LogP contribution is 2.19. The van der Waals surface area contributed by atoms with E-state index in [2.05, 4.69) is 10.1 Å². The van der Waals surface area contributed by atoms with E-state index in [1.54, 1.807) is 4.90 Å². The molecule has 1 heterocycles. The van der Waals surface area contributed by atoms with Gasteiger partial charge in [-0.15, -0.1) is 0 Å². The predicted octanol–water partition coefficient (Wildman–Crippen LogP) is 1.97. The van der Waals surface area contributed by atoms with Crippen molar-refractivity contribution in [1.82, 2.24) is 10.2 Å². The molecule has 126 valence electrons. The Labute approximate surface area is 136 Å². The van der Waals surface area contributed by atoms with Crippen LogP contribution < -0.4 is 10.1 Å². The summed E-state index contributed by atoms with van der Waals surface area (Å²) in [5.74, 6) is 1.08. The molecule has 2 amide bonds. The largest absolute Gasteiger partial charge is 0.493 e. The molecule has 1 N–H and O–H groups in total. The lowest BCUT2D eigenvalue weighted by Crippen LogP contribution is -2.46. The number of ether oxygens (including phenoxy) is 2. The number of nitrogens with zero attached hydrogens (tertiary/aromatic N) is 1. The Hall–Kier alpha value is -2.24. The molecule has 0 bridgehead atoms. The Morgan fingerprint density at radius 3 is 2.74 bits per heavy atom. The molecule has 6 heteroatoms. The average molecular weight is 320 g/mol. The lowest BCUT2D eigenvalue weighted by molar-refractivity contribution is -0.132. The topological polar surface area (TPSA) is 67.9 Å². The fourth-order valence-electron chi connectivity index (χ4n) is 2.61. The van der Waals surface area contributed by atoms with Gasteiger partial charge in [-0.05, 0) is 31.9 Å². The second-order valence-corrected chi connectivity index (χ2v) is 5.82. The molecular weight excluding hydrogens is 296 g/mol. The number of nitrogens with one attached hydrogen (secondary N) is 1. The molecule has 0 aromatic heterocycles. The minimum Gasteiger partial charge on any atom is -0.493 e. The fraction of sp³-hybridized carbons (Fsp3) is 0.529. The lowest BCUT2D eigenvalue weighted by Gasteiger charge is -2.32. The molecule has 0 saturated carbocycles. The van der Waals surface area contributed by atoms with Gasteiger partial charge in [0.15, 0.2) is 0 Å². The number of aryl methyl sites for hydroxylation is 1. The van der Waals surface area contributed by atoms with Crippen molar-refractivity contribution in [3.63, 3.8) is 0 Å². The zero-order valence-corrected chi connectivity index (χ0v) is 13.7. The maximum atomic E-state index is 12.1. The van der Waals surface area contributed by atoms with E-state index in [-0.39, 0.29) is 12.5 Å². The minimum atomic E-state index is -0.588. The summed E-state index contributed by atoms with van der Waals surface area (Å²) in [5.41, 5.74) is 1.20. The van der Waals surface area contributed by atoms with Gasteiger partial charge in [-0.25, -0.2) is 4.79 Å². The monoisotopic (exact) mass is 320 g/mol. The number of carbonyl (C=O) groups is 2. The third-order valence-electron chi connectivity index (χ3n) is 3.95. The van der Waals surface area contributed by atoms with Gasteiger partial charge in [-0.3, -0.25) is 4.79 Å². The highest BCUT2D eigenvalue weighted by molar-refractivity contribution is 5.82. The van der Waals surface area contributed by atoms with Crippen molar-refractivity contribution in [1.29, 1.82) is 0 Å². The molecule has 23 heavy (non-hydrogen) atoms. The summed E-state index contributed by atoms with van der Waals surface area (Å²) in [6.45, 7) is 3.99. The maximum absolute atomic E-state index is 12.1. The summed E-state index contributed by atoms with van der Waals surface area (Å²) >= 11 is 0. The first-order valence-electron chi connectivity index (χ1n) is 7.87. The van der Waals surface area contributed by atoms with Crippen molar-refractivity contribution in [2.24, 2.45) is 5.92 Å². The number of amides is 2. The maximum Gasteiger partial charge on any atom is 0.407 e. The molecule has 6 nitrogen and oxygen atoms in total. The number of piperidine rings is 1. The quantitative estimate of drug-likeness (QED) is 0.900. The molecule has 1 aromatic rings. The van der Waals surface area contributed by atoms with Gasteiger partial charge in [0.05, 0.1) is 13.7 Å². The van der Waals surface area contributed by atoms with E-state index in [4.69, 9.17) is 4.74 Å². The summed E-state index contributed by atoms with van der Waals surface area (Å²) < 4.78 is 10.3. The third kappa shape index (κ3) is 5.47. The SMILES string of the molecule is COC(=O)NCC(=O)N1CCC[C@@H](COc2ccc(C)cc2)C1. The Bertz CT molecular complexity index is 530. The minimum absolute atomic E-state index is 0.0296. The number of carbonyl (C=O) groups excluding carboxylic acids is 2. The highest BCUT2D eigenvalue weighted by Gasteiger charge is 2.24. The molecule has 0 aliphatic carbocycles. The summed E-state index contributed by atoms with van der Waals surface area (Å²) in [6, 6.07) is 7.96. The summed E-state index contributed by atoms with van der Waals surface area (Å²) in [7, 11) is 1.28. The van der Waals surface area contributed by atoms with Crippen LogP contribution in [0.1, 0.15) is 18.4 Å². The van der Waals surface area contributed by atoms with E-state index in [0.717, 1.165) is 25.1 Å². The van der Waals surface area contributed by atoms with Crippen molar-refractivity contribution < 1.29 is 19.1 Å². The first-order valence-corrected chi connectivity index (χ1v) is 7.87. The van der Waals surface area contributed by atoms with Crippen LogP contribution in [0.25, 0.3) is 0 Å². The standard InChI is InChI=1S/C17H24N2O4/c1-13-5-7-15(8-6-13)23-12-14-4-3-9-19(11-14)16(20)10-18-17(21)22-2/h5-8,14H,3-4,9-12H2,1-2H3,(H,18,21)/t14-/m1/s1. The van der Waals surface area contributed by atoms with Crippen LogP contribution in [-0.2, 0) is 9.53 Å². The molecular formula is C17H24N2O4. The van der Waals surface area contributed by atoms with E-state index in [1.807, 2.05) is 31.2 Å². The Morgan fingerprint density at radius 2 is 2.04 bits per heavy atom. The van der Waals surface area contributed by atoms with Crippen LogP contribution in [0.2, 0.25) is 0 Å². The van der Waals surface area contributed by atoms with Crippen molar-refractivity contribution in [2.45, 2.75) is 19.8 Å². The first-order chi connectivity index (χ1) is 11.1. The normalized spacial score (nSPS) is 17.5. The molecule has 1 aliphatic heterocycles. The molecule has 1 fully saturated rings. The van der Waals surface area contributed by atoms with Gasteiger partial charge in [0.2, 0.25) is 5.91 Å². The number of rotatable bonds is 5. The molecule has 1 aliphatic rings. The van der Waals surface area contributed by atoms with Crippen molar-refractivity contribution in [2.75, 3.05) is 33.4 Å². The highest BCUT2D eigenvalue weighted by atomic mass is 16.5.